The molecule has 3 nitrogen and oxygen atoms in total. The van der Waals surface area contributed by atoms with Gasteiger partial charge in [0, 0.05) is 16.6 Å². The Morgan fingerprint density at radius 1 is 0.778 bits per heavy atom. The zero-order chi connectivity index (χ0) is 18.9. The van der Waals surface area contributed by atoms with Crippen LogP contribution in [0.3, 0.4) is 0 Å². The minimum absolute atomic E-state index is 0.0486. The molecule has 0 fully saturated rings. The molecule has 3 aromatic carbocycles. The van der Waals surface area contributed by atoms with E-state index in [1.807, 2.05) is 26.0 Å². The van der Waals surface area contributed by atoms with Gasteiger partial charge in [-0.1, -0.05) is 35.4 Å². The van der Waals surface area contributed by atoms with E-state index in [1.165, 1.54) is 11.1 Å². The van der Waals surface area contributed by atoms with Gasteiger partial charge in [-0.15, -0.1) is 0 Å². The van der Waals surface area contributed by atoms with E-state index >= 15 is 0 Å². The molecule has 0 aromatic heterocycles. The molecule has 27 heavy (non-hydrogen) atoms. The van der Waals surface area contributed by atoms with E-state index in [2.05, 4.69) is 44.2 Å². The highest BCUT2D eigenvalue weighted by Gasteiger charge is 2.42. The minimum Gasteiger partial charge on any atom is -0.458 e. The van der Waals surface area contributed by atoms with Crippen molar-refractivity contribution >= 4 is 23.1 Å². The van der Waals surface area contributed by atoms with Gasteiger partial charge in [0.15, 0.2) is 0 Å². The quantitative estimate of drug-likeness (QED) is 0.401. The molecule has 130 valence electrons. The van der Waals surface area contributed by atoms with E-state index in [0.717, 1.165) is 50.5 Å². The number of ether oxygens (including phenoxy) is 2. The number of nitrogens with zero attached hydrogens (tertiary/aromatic N) is 1. The van der Waals surface area contributed by atoms with Crippen LogP contribution in [0, 0.1) is 39.0 Å². The summed E-state index contributed by atoms with van der Waals surface area (Å²) in [6.45, 7) is 8.17. The zero-order valence-corrected chi connectivity index (χ0v) is 15.8. The Morgan fingerprint density at radius 2 is 1.26 bits per heavy atom. The molecule has 5 rings (SSSR count). The van der Waals surface area contributed by atoms with Crippen molar-refractivity contribution in [1.82, 2.24) is 0 Å². The predicted molar refractivity (Wildman–Crippen MR) is 108 cm³/mol. The van der Waals surface area contributed by atoms with E-state index in [9.17, 15) is 5.26 Å². The number of hydrogen-bond donors (Lipinski definition) is 0. The molecule has 2 heterocycles. The standard InChI is InChI=1S/C23H18BNO2/c1-12-5-7-19-17(9-12)24-18-10-13(2)6-8-20(18)27-23-15(4)16(11-25)14(3)22(26-19)21(23)24/h5-10H,1-4H3. The van der Waals surface area contributed by atoms with Crippen molar-refractivity contribution in [3.05, 3.63) is 64.2 Å². The number of benzene rings is 3. The molecule has 0 saturated heterocycles. The summed E-state index contributed by atoms with van der Waals surface area (Å²) in [6, 6.07) is 14.9. The second-order valence-electron chi connectivity index (χ2n) is 7.53. The van der Waals surface area contributed by atoms with Gasteiger partial charge in [-0.2, -0.15) is 5.26 Å². The van der Waals surface area contributed by atoms with Crippen LogP contribution in [-0.2, 0) is 0 Å². The van der Waals surface area contributed by atoms with Crippen molar-refractivity contribution in [2.45, 2.75) is 27.7 Å². The lowest BCUT2D eigenvalue weighted by Crippen LogP contribution is -2.58. The number of rotatable bonds is 0. The summed E-state index contributed by atoms with van der Waals surface area (Å²) in [5, 5.41) is 9.71. The first-order valence-electron chi connectivity index (χ1n) is 9.13. The average molecular weight is 351 g/mol. The van der Waals surface area contributed by atoms with Crippen molar-refractivity contribution in [2.24, 2.45) is 0 Å². The van der Waals surface area contributed by atoms with Gasteiger partial charge in [0.1, 0.15) is 23.0 Å². The van der Waals surface area contributed by atoms with E-state index in [0.29, 0.717) is 5.56 Å². The highest BCUT2D eigenvalue weighted by Crippen LogP contribution is 2.40. The molecule has 0 amide bonds. The van der Waals surface area contributed by atoms with Crippen LogP contribution < -0.4 is 25.9 Å². The molecule has 0 spiro atoms. The Morgan fingerprint density at radius 3 is 1.70 bits per heavy atom. The molecule has 0 unspecified atom stereocenters. The fourth-order valence-corrected chi connectivity index (χ4v) is 4.38. The Kier molecular flexibility index (Phi) is 3.21. The molecule has 2 aliphatic heterocycles. The molecular weight excluding hydrogens is 333 g/mol. The van der Waals surface area contributed by atoms with E-state index < -0.39 is 0 Å². The first-order chi connectivity index (χ1) is 13.0. The Balaban J connectivity index is 1.93. The normalized spacial score (nSPS) is 12.9. The van der Waals surface area contributed by atoms with Gasteiger partial charge in [0.05, 0.1) is 11.6 Å². The Bertz CT molecular complexity index is 1110. The third-order valence-corrected chi connectivity index (χ3v) is 5.70. The highest BCUT2D eigenvalue weighted by atomic mass is 16.5. The third kappa shape index (κ3) is 2.09. The smallest absolute Gasteiger partial charge is 0.260 e. The van der Waals surface area contributed by atoms with Crippen LogP contribution in [0.4, 0.5) is 0 Å². The van der Waals surface area contributed by atoms with Gasteiger partial charge in [0.2, 0.25) is 0 Å². The molecule has 4 heteroatoms. The summed E-state index contributed by atoms with van der Waals surface area (Å²) < 4.78 is 12.6. The zero-order valence-electron chi connectivity index (χ0n) is 15.8. The lowest BCUT2D eigenvalue weighted by molar-refractivity contribution is 0.459. The van der Waals surface area contributed by atoms with Crippen LogP contribution in [0.5, 0.6) is 23.0 Å². The van der Waals surface area contributed by atoms with Crippen LogP contribution in [-0.4, -0.2) is 6.71 Å². The first-order valence-corrected chi connectivity index (χ1v) is 9.13. The minimum atomic E-state index is 0.0486. The number of nitriles is 1. The monoisotopic (exact) mass is 351 g/mol. The van der Waals surface area contributed by atoms with Gasteiger partial charge >= 0.3 is 0 Å². The summed E-state index contributed by atoms with van der Waals surface area (Å²) in [4.78, 5) is 0. The summed E-state index contributed by atoms with van der Waals surface area (Å²) in [5.74, 6) is 3.24. The molecule has 0 atom stereocenters. The third-order valence-electron chi connectivity index (χ3n) is 5.70. The summed E-state index contributed by atoms with van der Waals surface area (Å²) in [7, 11) is 0. The fraction of sp³-hybridized carbons (Fsp3) is 0.174. The second-order valence-corrected chi connectivity index (χ2v) is 7.53. The topological polar surface area (TPSA) is 42.2 Å². The largest absolute Gasteiger partial charge is 0.458 e. The maximum absolute atomic E-state index is 9.71. The maximum atomic E-state index is 9.71. The molecular formula is C23H18BNO2. The van der Waals surface area contributed by atoms with Crippen LogP contribution in [0.25, 0.3) is 0 Å². The number of hydrogen-bond acceptors (Lipinski definition) is 3. The molecule has 3 aromatic rings. The Labute approximate surface area is 159 Å². The average Bonchev–Trinajstić information content (AvgIpc) is 2.66. The first kappa shape index (κ1) is 16.0. The van der Waals surface area contributed by atoms with Crippen LogP contribution in [0.15, 0.2) is 36.4 Å². The van der Waals surface area contributed by atoms with Crippen molar-refractivity contribution in [3.63, 3.8) is 0 Å². The van der Waals surface area contributed by atoms with Gasteiger partial charge in [-0.05, 0) is 50.8 Å². The number of fused-ring (bicyclic) bond motifs is 4. The summed E-state index contributed by atoms with van der Waals surface area (Å²) >= 11 is 0. The highest BCUT2D eigenvalue weighted by molar-refractivity contribution is 6.98. The molecule has 0 aliphatic carbocycles. The molecule has 2 aliphatic rings. The van der Waals surface area contributed by atoms with Crippen molar-refractivity contribution in [1.29, 1.82) is 5.26 Å². The SMILES string of the molecule is Cc1ccc2c(c1)B1c3cc(C)ccc3Oc3c(C)c(C#N)c(C)c(c31)O2. The van der Waals surface area contributed by atoms with Crippen LogP contribution in [0.2, 0.25) is 0 Å². The molecule has 0 N–H and O–H groups in total. The fourth-order valence-electron chi connectivity index (χ4n) is 4.38. The van der Waals surface area contributed by atoms with Gasteiger partial charge in [-0.3, -0.25) is 0 Å². The summed E-state index contributed by atoms with van der Waals surface area (Å²) in [6.07, 6.45) is 0. The number of aryl methyl sites for hydroxylation is 2. The molecule has 0 radical (unpaired) electrons. The van der Waals surface area contributed by atoms with Crippen LogP contribution >= 0.6 is 0 Å². The lowest BCUT2D eigenvalue weighted by atomic mass is 9.34. The van der Waals surface area contributed by atoms with E-state index in [1.54, 1.807) is 0 Å². The van der Waals surface area contributed by atoms with E-state index in [4.69, 9.17) is 9.47 Å². The van der Waals surface area contributed by atoms with Gasteiger partial charge < -0.3 is 9.47 Å². The predicted octanol–water partition coefficient (Wildman–Crippen LogP) is 3.52. The second kappa shape index (κ2) is 5.41. The van der Waals surface area contributed by atoms with Crippen LogP contribution in [0.1, 0.15) is 27.8 Å². The van der Waals surface area contributed by atoms with Crippen molar-refractivity contribution in [3.8, 4) is 29.1 Å². The van der Waals surface area contributed by atoms with Gasteiger partial charge in [-0.25, -0.2) is 0 Å². The summed E-state index contributed by atoms with van der Waals surface area (Å²) in [5.41, 5.74) is 8.14. The lowest BCUT2D eigenvalue weighted by Gasteiger charge is -2.35. The molecule has 0 saturated carbocycles. The Hall–Kier alpha value is -3.19. The van der Waals surface area contributed by atoms with E-state index in [-0.39, 0.29) is 6.71 Å². The molecule has 0 bridgehead atoms. The van der Waals surface area contributed by atoms with Crippen molar-refractivity contribution < 1.29 is 9.47 Å². The van der Waals surface area contributed by atoms with Gasteiger partial charge in [0.25, 0.3) is 6.71 Å². The maximum Gasteiger partial charge on any atom is 0.260 e. The van der Waals surface area contributed by atoms with Crippen molar-refractivity contribution in [2.75, 3.05) is 0 Å².